The molecule has 2 aliphatic rings. The lowest BCUT2D eigenvalue weighted by molar-refractivity contribution is -0.100. The number of nitrogens with one attached hydrogen (secondary N) is 1. The van der Waals surface area contributed by atoms with Crippen LogP contribution in [0.25, 0.3) is 11.2 Å². The lowest BCUT2D eigenvalue weighted by atomic mass is 9.86. The molecule has 31 heavy (non-hydrogen) atoms. The number of ether oxygens (including phenoxy) is 2. The Hall–Kier alpha value is -2.09. The summed E-state index contributed by atoms with van der Waals surface area (Å²) in [5, 5.41) is 33.8. The van der Waals surface area contributed by atoms with Gasteiger partial charge in [0.25, 0.3) is 5.56 Å². The molecular formula is C19H29N5O7. The van der Waals surface area contributed by atoms with Crippen molar-refractivity contribution in [3.05, 3.63) is 27.2 Å². The standard InChI is InChI=1S/C19H29N5O7/c1-22-16-14(17(28)23(2)18(22)29)24(10-21-16)5-3-4-20-7-11(25)6-19-13(27)9-30-15(19)12(26)8-31-19/h10-13,15,20,25-27H,3-9H2,1-2H3/t11?,12-,13+,15-,19-/m1/s1. The molecule has 4 rings (SSSR count). The number of fused-ring (bicyclic) bond motifs is 2. The van der Waals surface area contributed by atoms with Gasteiger partial charge in [-0.1, -0.05) is 0 Å². The number of hydrogen-bond acceptors (Lipinski definition) is 9. The molecule has 0 radical (unpaired) electrons. The maximum atomic E-state index is 12.4. The zero-order valence-corrected chi connectivity index (χ0v) is 17.6. The number of nitrogens with zero attached hydrogens (tertiary/aromatic N) is 4. The molecule has 2 saturated heterocycles. The van der Waals surface area contributed by atoms with Crippen molar-refractivity contribution < 1.29 is 24.8 Å². The molecule has 2 aromatic rings. The van der Waals surface area contributed by atoms with Crippen LogP contribution in [0.4, 0.5) is 0 Å². The van der Waals surface area contributed by atoms with E-state index in [0.29, 0.717) is 30.7 Å². The minimum atomic E-state index is -1.08. The number of aromatic nitrogens is 4. The van der Waals surface area contributed by atoms with E-state index >= 15 is 0 Å². The SMILES string of the molecule is Cn1c(=O)c2c(ncn2CCCNCC(O)C[C@]23OC[C@@H](O)[C@H]2OC[C@@H]3O)n(C)c1=O. The van der Waals surface area contributed by atoms with Crippen molar-refractivity contribution in [1.29, 1.82) is 0 Å². The Morgan fingerprint density at radius 1 is 1.29 bits per heavy atom. The minimum absolute atomic E-state index is 0.0752. The lowest BCUT2D eigenvalue weighted by Gasteiger charge is -2.32. The van der Waals surface area contributed by atoms with Crippen LogP contribution in [0.5, 0.6) is 0 Å². The molecule has 0 saturated carbocycles. The summed E-state index contributed by atoms with van der Waals surface area (Å²) >= 11 is 0. The van der Waals surface area contributed by atoms with Crippen LogP contribution in [0.15, 0.2) is 15.9 Å². The number of hydrogen-bond donors (Lipinski definition) is 4. The molecular weight excluding hydrogens is 410 g/mol. The van der Waals surface area contributed by atoms with Crippen LogP contribution < -0.4 is 16.6 Å². The van der Waals surface area contributed by atoms with Gasteiger partial charge in [0.05, 0.1) is 25.6 Å². The molecule has 4 heterocycles. The number of imidazole rings is 1. The third-order valence-corrected chi connectivity index (χ3v) is 6.26. The molecule has 2 aromatic heterocycles. The van der Waals surface area contributed by atoms with Crippen LogP contribution in [-0.4, -0.2) is 90.3 Å². The van der Waals surface area contributed by atoms with E-state index in [9.17, 15) is 24.9 Å². The van der Waals surface area contributed by atoms with Gasteiger partial charge >= 0.3 is 5.69 Å². The first-order chi connectivity index (χ1) is 14.8. The van der Waals surface area contributed by atoms with Gasteiger partial charge in [0.15, 0.2) is 11.2 Å². The third kappa shape index (κ3) is 3.73. The second-order valence-electron chi connectivity index (χ2n) is 8.33. The zero-order chi connectivity index (χ0) is 22.3. The van der Waals surface area contributed by atoms with Gasteiger partial charge < -0.3 is 34.7 Å². The van der Waals surface area contributed by atoms with Crippen LogP contribution in [0.3, 0.4) is 0 Å². The second kappa shape index (κ2) is 8.45. The van der Waals surface area contributed by atoms with Crippen LogP contribution in [0.2, 0.25) is 0 Å². The molecule has 12 heteroatoms. The van der Waals surface area contributed by atoms with Crippen LogP contribution in [-0.2, 0) is 30.1 Å². The Kier molecular flexibility index (Phi) is 6.03. The quantitative estimate of drug-likeness (QED) is 0.316. The normalized spacial score (nSPS) is 29.0. The maximum Gasteiger partial charge on any atom is 0.332 e. The largest absolute Gasteiger partial charge is 0.392 e. The summed E-state index contributed by atoms with van der Waals surface area (Å²) in [6, 6.07) is 0. The van der Waals surface area contributed by atoms with E-state index in [2.05, 4.69) is 10.3 Å². The summed E-state index contributed by atoms with van der Waals surface area (Å²) in [6.07, 6.45) is -0.765. The summed E-state index contributed by atoms with van der Waals surface area (Å²) in [5.74, 6) is 0. The fraction of sp³-hybridized carbons (Fsp3) is 0.737. The number of rotatable bonds is 8. The number of aliphatic hydroxyl groups excluding tert-OH is 3. The average Bonchev–Trinajstić information content (AvgIpc) is 3.40. The predicted octanol–water partition coefficient (Wildman–Crippen LogP) is -2.95. The summed E-state index contributed by atoms with van der Waals surface area (Å²) < 4.78 is 15.2. The van der Waals surface area contributed by atoms with Crippen molar-refractivity contribution >= 4 is 11.2 Å². The highest BCUT2D eigenvalue weighted by Gasteiger charge is 2.59. The molecule has 4 N–H and O–H groups in total. The summed E-state index contributed by atoms with van der Waals surface area (Å²) in [6.45, 7) is 1.52. The van der Waals surface area contributed by atoms with Crippen molar-refractivity contribution in [2.24, 2.45) is 14.1 Å². The van der Waals surface area contributed by atoms with E-state index in [1.54, 1.807) is 17.9 Å². The zero-order valence-electron chi connectivity index (χ0n) is 17.6. The molecule has 12 nitrogen and oxygen atoms in total. The van der Waals surface area contributed by atoms with Crippen molar-refractivity contribution in [3.63, 3.8) is 0 Å². The minimum Gasteiger partial charge on any atom is -0.392 e. The van der Waals surface area contributed by atoms with Gasteiger partial charge in [-0.05, 0) is 13.0 Å². The Labute approximate surface area is 177 Å². The van der Waals surface area contributed by atoms with Crippen LogP contribution in [0, 0.1) is 0 Å². The first kappa shape index (κ1) is 22.1. The smallest absolute Gasteiger partial charge is 0.332 e. The van der Waals surface area contributed by atoms with E-state index in [4.69, 9.17) is 9.47 Å². The first-order valence-corrected chi connectivity index (χ1v) is 10.4. The van der Waals surface area contributed by atoms with Gasteiger partial charge in [-0.25, -0.2) is 9.78 Å². The highest BCUT2D eigenvalue weighted by Crippen LogP contribution is 2.41. The molecule has 0 aliphatic carbocycles. The average molecular weight is 439 g/mol. The molecule has 2 aliphatic heterocycles. The number of aryl methyl sites for hydroxylation is 2. The fourth-order valence-electron chi connectivity index (χ4n) is 4.57. The highest BCUT2D eigenvalue weighted by atomic mass is 16.6. The van der Waals surface area contributed by atoms with E-state index in [1.165, 1.54) is 11.6 Å². The van der Waals surface area contributed by atoms with Gasteiger partial charge in [0, 0.05) is 33.6 Å². The Morgan fingerprint density at radius 3 is 2.84 bits per heavy atom. The van der Waals surface area contributed by atoms with E-state index in [1.807, 2.05) is 0 Å². The number of aliphatic hydroxyl groups is 3. The Morgan fingerprint density at radius 2 is 2.06 bits per heavy atom. The van der Waals surface area contributed by atoms with Crippen molar-refractivity contribution in [2.75, 3.05) is 26.3 Å². The van der Waals surface area contributed by atoms with Crippen molar-refractivity contribution in [1.82, 2.24) is 24.0 Å². The molecule has 0 bridgehead atoms. The Bertz CT molecular complexity index is 1060. The molecule has 2 fully saturated rings. The van der Waals surface area contributed by atoms with Crippen LogP contribution in [0.1, 0.15) is 12.8 Å². The first-order valence-electron chi connectivity index (χ1n) is 10.4. The maximum absolute atomic E-state index is 12.4. The van der Waals surface area contributed by atoms with Gasteiger partial charge in [0.1, 0.15) is 23.9 Å². The summed E-state index contributed by atoms with van der Waals surface area (Å²) in [5.41, 5.74) is -1.16. The van der Waals surface area contributed by atoms with Gasteiger partial charge in [-0.2, -0.15) is 0 Å². The monoisotopic (exact) mass is 439 g/mol. The third-order valence-electron chi connectivity index (χ3n) is 6.26. The highest BCUT2D eigenvalue weighted by molar-refractivity contribution is 5.69. The second-order valence-corrected chi connectivity index (χ2v) is 8.33. The molecule has 5 atom stereocenters. The van der Waals surface area contributed by atoms with Gasteiger partial charge in [-0.15, -0.1) is 0 Å². The summed E-state index contributed by atoms with van der Waals surface area (Å²) in [7, 11) is 3.02. The predicted molar refractivity (Wildman–Crippen MR) is 109 cm³/mol. The van der Waals surface area contributed by atoms with Crippen molar-refractivity contribution in [2.45, 2.75) is 49.4 Å². The van der Waals surface area contributed by atoms with Gasteiger partial charge in [0.2, 0.25) is 0 Å². The summed E-state index contributed by atoms with van der Waals surface area (Å²) in [4.78, 5) is 28.6. The topological polar surface area (TPSA) is 153 Å². The molecule has 1 unspecified atom stereocenters. The molecule has 0 amide bonds. The van der Waals surface area contributed by atoms with E-state index in [-0.39, 0.29) is 31.7 Å². The van der Waals surface area contributed by atoms with Crippen LogP contribution >= 0.6 is 0 Å². The van der Waals surface area contributed by atoms with Gasteiger partial charge in [-0.3, -0.25) is 13.9 Å². The van der Waals surface area contributed by atoms with E-state index in [0.717, 1.165) is 4.57 Å². The van der Waals surface area contributed by atoms with Crippen molar-refractivity contribution in [3.8, 4) is 0 Å². The molecule has 172 valence electrons. The Balaban J connectivity index is 1.29. The lowest BCUT2D eigenvalue weighted by Crippen LogP contribution is -2.50. The molecule has 0 spiro atoms. The fourth-order valence-corrected chi connectivity index (χ4v) is 4.57. The van der Waals surface area contributed by atoms with E-state index < -0.39 is 35.7 Å². The molecule has 0 aromatic carbocycles.